The Morgan fingerprint density at radius 3 is 1.85 bits per heavy atom. The highest BCUT2D eigenvalue weighted by molar-refractivity contribution is 5.88. The molecule has 2 atom stereocenters. The molecule has 1 saturated heterocycles. The van der Waals surface area contributed by atoms with Crippen LogP contribution in [0.5, 0.6) is 0 Å². The highest BCUT2D eigenvalue weighted by Gasteiger charge is 2.40. The monoisotopic (exact) mass is 481 g/mol. The van der Waals surface area contributed by atoms with Crippen molar-refractivity contribution in [2.45, 2.75) is 36.9 Å². The largest absolute Gasteiger partial charge is 0.481 e. The first-order chi connectivity index (χ1) is 16.0. The van der Waals surface area contributed by atoms with E-state index in [1.54, 1.807) is 24.3 Å². The van der Waals surface area contributed by atoms with E-state index in [2.05, 4.69) is 5.32 Å². The smallest absolute Gasteiger partial charge is 0.336 e. The van der Waals surface area contributed by atoms with E-state index in [-0.39, 0.29) is 23.6 Å². The van der Waals surface area contributed by atoms with Crippen molar-refractivity contribution in [3.8, 4) is 0 Å². The first-order valence-corrected chi connectivity index (χ1v) is 10.2. The average Bonchev–Trinajstić information content (AvgIpc) is 3.22. The van der Waals surface area contributed by atoms with Crippen molar-refractivity contribution in [2.75, 3.05) is 13.2 Å². The second-order valence-electron chi connectivity index (χ2n) is 7.79. The van der Waals surface area contributed by atoms with E-state index in [1.807, 2.05) is 0 Å². The standard InChI is InChI=1S/C17H17F2NO.C6H8O7/c18-14-5-1-12(2-6-14)9-20-17-11-21-10-16(17)13-3-7-15(19)8-4-13;7-3(8)1-6(13,5(11)12)2-4(9)10/h1-8,16-17,20H,9-11H2;13H,1-2H2,(H,7,8)(H,9,10)(H,11,12)/t16-,17+;/m0./s1. The number of hydrogen-bond acceptors (Lipinski definition) is 6. The van der Waals surface area contributed by atoms with Crippen molar-refractivity contribution in [3.05, 3.63) is 71.3 Å². The zero-order valence-corrected chi connectivity index (χ0v) is 18.0. The lowest BCUT2D eigenvalue weighted by molar-refractivity contribution is -0.170. The maximum atomic E-state index is 13.0. The molecule has 1 fully saturated rings. The van der Waals surface area contributed by atoms with Crippen molar-refractivity contribution >= 4 is 17.9 Å². The van der Waals surface area contributed by atoms with Crippen molar-refractivity contribution < 1.29 is 48.3 Å². The molecule has 0 spiro atoms. The lowest BCUT2D eigenvalue weighted by Crippen LogP contribution is -2.42. The molecular formula is C23H25F2NO8. The molecule has 1 aliphatic rings. The first-order valence-electron chi connectivity index (χ1n) is 10.2. The minimum atomic E-state index is -2.74. The molecule has 0 amide bonds. The summed E-state index contributed by atoms with van der Waals surface area (Å²) >= 11 is 0. The number of aliphatic hydroxyl groups is 1. The van der Waals surface area contributed by atoms with Crippen LogP contribution in [0, 0.1) is 11.6 Å². The third kappa shape index (κ3) is 8.18. The molecular weight excluding hydrogens is 456 g/mol. The number of rotatable bonds is 9. The summed E-state index contributed by atoms with van der Waals surface area (Å²) in [6, 6.07) is 13.2. The van der Waals surface area contributed by atoms with E-state index < -0.39 is 36.4 Å². The van der Waals surface area contributed by atoms with E-state index in [0.717, 1.165) is 11.1 Å². The molecule has 34 heavy (non-hydrogen) atoms. The number of carboxylic acid groups (broad SMARTS) is 3. The Morgan fingerprint density at radius 2 is 1.38 bits per heavy atom. The molecule has 0 saturated carbocycles. The first kappa shape index (κ1) is 26.8. The van der Waals surface area contributed by atoms with Crippen LogP contribution in [0.15, 0.2) is 48.5 Å². The van der Waals surface area contributed by atoms with Crippen LogP contribution in [0.2, 0.25) is 0 Å². The van der Waals surface area contributed by atoms with E-state index in [1.165, 1.54) is 24.3 Å². The van der Waals surface area contributed by atoms with Gasteiger partial charge in [0.25, 0.3) is 0 Å². The number of benzene rings is 2. The highest BCUT2D eigenvalue weighted by Crippen LogP contribution is 2.26. The van der Waals surface area contributed by atoms with Gasteiger partial charge in [-0.3, -0.25) is 9.59 Å². The number of hydrogen-bond donors (Lipinski definition) is 5. The van der Waals surface area contributed by atoms with Gasteiger partial charge >= 0.3 is 17.9 Å². The molecule has 5 N–H and O–H groups in total. The van der Waals surface area contributed by atoms with Gasteiger partial charge in [0, 0.05) is 18.5 Å². The molecule has 11 heteroatoms. The van der Waals surface area contributed by atoms with Crippen LogP contribution < -0.4 is 5.32 Å². The van der Waals surface area contributed by atoms with Gasteiger partial charge in [-0.15, -0.1) is 0 Å². The molecule has 1 heterocycles. The Kier molecular flexibility index (Phi) is 9.60. The highest BCUT2D eigenvalue weighted by atomic mass is 19.1. The van der Waals surface area contributed by atoms with Crippen molar-refractivity contribution in [2.24, 2.45) is 0 Å². The molecule has 2 aromatic carbocycles. The van der Waals surface area contributed by atoms with Crippen LogP contribution in [0.3, 0.4) is 0 Å². The van der Waals surface area contributed by atoms with Gasteiger partial charge in [0.15, 0.2) is 5.60 Å². The van der Waals surface area contributed by atoms with Gasteiger partial charge in [-0.25, -0.2) is 13.6 Å². The Bertz CT molecular complexity index is 965. The van der Waals surface area contributed by atoms with Gasteiger partial charge in [-0.1, -0.05) is 24.3 Å². The fraction of sp³-hybridized carbons (Fsp3) is 0.348. The van der Waals surface area contributed by atoms with Crippen molar-refractivity contribution in [3.63, 3.8) is 0 Å². The number of ether oxygens (including phenoxy) is 1. The lowest BCUT2D eigenvalue weighted by Gasteiger charge is -2.19. The summed E-state index contributed by atoms with van der Waals surface area (Å²) in [5.74, 6) is -5.26. The average molecular weight is 481 g/mol. The molecule has 1 aliphatic heterocycles. The molecule has 2 aromatic rings. The summed E-state index contributed by atoms with van der Waals surface area (Å²) in [7, 11) is 0. The molecule has 3 rings (SSSR count). The Morgan fingerprint density at radius 1 is 0.882 bits per heavy atom. The molecule has 0 bridgehead atoms. The van der Waals surface area contributed by atoms with Crippen LogP contribution in [0.1, 0.15) is 29.9 Å². The van der Waals surface area contributed by atoms with Crippen LogP contribution >= 0.6 is 0 Å². The number of carboxylic acids is 3. The summed E-state index contributed by atoms with van der Waals surface area (Å²) in [6.45, 7) is 1.92. The van der Waals surface area contributed by atoms with Crippen LogP contribution in [0.25, 0.3) is 0 Å². The summed E-state index contributed by atoms with van der Waals surface area (Å²) in [4.78, 5) is 30.5. The maximum absolute atomic E-state index is 13.0. The molecule has 184 valence electrons. The normalized spacial score (nSPS) is 17.5. The van der Waals surface area contributed by atoms with Gasteiger partial charge in [0.2, 0.25) is 0 Å². The Labute approximate surface area is 193 Å². The summed E-state index contributed by atoms with van der Waals surface area (Å²) in [6.07, 6.45) is -2.29. The van der Waals surface area contributed by atoms with Crippen LogP contribution in [0.4, 0.5) is 8.78 Å². The summed E-state index contributed by atoms with van der Waals surface area (Å²) < 4.78 is 31.4. The summed E-state index contributed by atoms with van der Waals surface area (Å²) in [5, 5.41) is 37.3. The minimum Gasteiger partial charge on any atom is -0.481 e. The molecule has 0 radical (unpaired) electrons. The zero-order chi connectivity index (χ0) is 25.3. The fourth-order valence-corrected chi connectivity index (χ4v) is 3.36. The predicted octanol–water partition coefficient (Wildman–Crippen LogP) is 1.99. The quantitative estimate of drug-likeness (QED) is 0.362. The number of aliphatic carboxylic acids is 3. The molecule has 0 aliphatic carbocycles. The second-order valence-corrected chi connectivity index (χ2v) is 7.79. The van der Waals surface area contributed by atoms with Gasteiger partial charge < -0.3 is 30.5 Å². The van der Waals surface area contributed by atoms with Crippen LogP contribution in [-0.2, 0) is 25.7 Å². The summed E-state index contributed by atoms with van der Waals surface area (Å²) in [5.41, 5.74) is -0.635. The predicted molar refractivity (Wildman–Crippen MR) is 114 cm³/mol. The number of carbonyl (C=O) groups is 3. The van der Waals surface area contributed by atoms with E-state index in [4.69, 9.17) is 25.2 Å². The maximum Gasteiger partial charge on any atom is 0.336 e. The fourth-order valence-electron chi connectivity index (χ4n) is 3.36. The van der Waals surface area contributed by atoms with E-state index in [9.17, 15) is 23.2 Å². The number of nitrogens with one attached hydrogen (secondary N) is 1. The van der Waals surface area contributed by atoms with Crippen molar-refractivity contribution in [1.82, 2.24) is 5.32 Å². The second kappa shape index (κ2) is 12.2. The van der Waals surface area contributed by atoms with E-state index >= 15 is 0 Å². The molecule has 9 nitrogen and oxygen atoms in total. The Hall–Kier alpha value is -3.41. The van der Waals surface area contributed by atoms with E-state index in [0.29, 0.717) is 19.8 Å². The van der Waals surface area contributed by atoms with Crippen LogP contribution in [-0.4, -0.2) is 63.2 Å². The number of halogens is 2. The topological polar surface area (TPSA) is 153 Å². The third-order valence-corrected chi connectivity index (χ3v) is 5.15. The third-order valence-electron chi connectivity index (χ3n) is 5.15. The van der Waals surface area contributed by atoms with Gasteiger partial charge in [-0.2, -0.15) is 0 Å². The minimum absolute atomic E-state index is 0.181. The van der Waals surface area contributed by atoms with Gasteiger partial charge in [-0.05, 0) is 35.4 Å². The van der Waals surface area contributed by atoms with Crippen molar-refractivity contribution in [1.29, 1.82) is 0 Å². The van der Waals surface area contributed by atoms with Gasteiger partial charge in [0.1, 0.15) is 11.6 Å². The Balaban J connectivity index is 0.000000273. The van der Waals surface area contributed by atoms with Gasteiger partial charge in [0.05, 0.1) is 26.1 Å². The molecule has 0 aromatic heterocycles. The zero-order valence-electron chi connectivity index (χ0n) is 18.0. The molecule has 0 unspecified atom stereocenters. The SMILES string of the molecule is Fc1ccc(CN[C@@H]2COC[C@H]2c2ccc(F)cc2)cc1.O=C(O)CC(O)(CC(=O)O)C(=O)O. The lowest BCUT2D eigenvalue weighted by atomic mass is 9.94.